The number of ether oxygens (including phenoxy) is 1. The van der Waals surface area contributed by atoms with Gasteiger partial charge in [0, 0.05) is 12.6 Å². The Morgan fingerprint density at radius 3 is 2.68 bits per heavy atom. The van der Waals surface area contributed by atoms with Gasteiger partial charge < -0.3 is 9.64 Å². The zero-order valence-corrected chi connectivity index (χ0v) is 15.8. The number of nitrogens with one attached hydrogen (secondary N) is 1. The molecular weight excluding hydrogens is 358 g/mol. The largest absolute Gasteiger partial charge is 0.497 e. The maximum absolute atomic E-state index is 13.2. The first-order chi connectivity index (χ1) is 13.6. The zero-order valence-electron chi connectivity index (χ0n) is 15.8. The van der Waals surface area contributed by atoms with Crippen molar-refractivity contribution in [3.8, 4) is 11.6 Å². The highest BCUT2D eigenvalue weighted by molar-refractivity contribution is 5.95. The van der Waals surface area contributed by atoms with Gasteiger partial charge in [-0.15, -0.1) is 0 Å². The van der Waals surface area contributed by atoms with Gasteiger partial charge in [0.1, 0.15) is 5.75 Å². The van der Waals surface area contributed by atoms with Gasteiger partial charge in [-0.1, -0.05) is 12.1 Å². The second-order valence-electron chi connectivity index (χ2n) is 6.76. The van der Waals surface area contributed by atoms with Crippen molar-refractivity contribution in [3.63, 3.8) is 0 Å². The molecule has 28 heavy (non-hydrogen) atoms. The maximum Gasteiger partial charge on any atom is 0.264 e. The SMILES string of the molecule is COc1ccc(C2CCCN2C(=O)c2cnn(-c3ccc(=O)[nH]n3)c2C)cc1. The summed E-state index contributed by atoms with van der Waals surface area (Å²) in [6, 6.07) is 10.8. The molecule has 3 aromatic rings. The van der Waals surface area contributed by atoms with Gasteiger partial charge in [-0.2, -0.15) is 10.2 Å². The van der Waals surface area contributed by atoms with Crippen LogP contribution in [0.3, 0.4) is 0 Å². The fraction of sp³-hybridized carbons (Fsp3) is 0.300. The molecule has 0 spiro atoms. The van der Waals surface area contributed by atoms with E-state index in [9.17, 15) is 9.59 Å². The average molecular weight is 379 g/mol. The molecule has 8 heteroatoms. The molecule has 144 valence electrons. The summed E-state index contributed by atoms with van der Waals surface area (Å²) in [5.41, 5.74) is 2.03. The minimum atomic E-state index is -0.288. The molecule has 0 aliphatic carbocycles. The number of carbonyl (C=O) groups excluding carboxylic acids is 1. The molecule has 1 saturated heterocycles. The van der Waals surface area contributed by atoms with Crippen molar-refractivity contribution in [2.45, 2.75) is 25.8 Å². The number of benzene rings is 1. The maximum atomic E-state index is 13.2. The van der Waals surface area contributed by atoms with Crippen LogP contribution in [-0.4, -0.2) is 44.4 Å². The monoisotopic (exact) mass is 379 g/mol. The Kier molecular flexibility index (Phi) is 4.68. The van der Waals surface area contributed by atoms with E-state index < -0.39 is 0 Å². The van der Waals surface area contributed by atoms with Crippen molar-refractivity contribution >= 4 is 5.91 Å². The molecule has 1 N–H and O–H groups in total. The van der Waals surface area contributed by atoms with Crippen molar-refractivity contribution in [1.29, 1.82) is 0 Å². The summed E-state index contributed by atoms with van der Waals surface area (Å²) in [5, 5.41) is 10.7. The summed E-state index contributed by atoms with van der Waals surface area (Å²) < 4.78 is 6.78. The number of rotatable bonds is 4. The second kappa shape index (κ2) is 7.30. The number of likely N-dealkylation sites (tertiary alicyclic amines) is 1. The quantitative estimate of drug-likeness (QED) is 0.750. The minimum Gasteiger partial charge on any atom is -0.497 e. The van der Waals surface area contributed by atoms with E-state index in [-0.39, 0.29) is 17.5 Å². The number of H-pyrrole nitrogens is 1. The second-order valence-corrected chi connectivity index (χ2v) is 6.76. The highest BCUT2D eigenvalue weighted by Crippen LogP contribution is 2.34. The molecule has 1 fully saturated rings. The smallest absolute Gasteiger partial charge is 0.264 e. The Bertz CT molecular complexity index is 1030. The lowest BCUT2D eigenvalue weighted by Gasteiger charge is -2.25. The number of methoxy groups -OCH3 is 1. The molecule has 1 atom stereocenters. The lowest BCUT2D eigenvalue weighted by molar-refractivity contribution is 0.0735. The van der Waals surface area contributed by atoms with Crippen LogP contribution in [0.15, 0.2) is 47.4 Å². The van der Waals surface area contributed by atoms with E-state index in [1.54, 1.807) is 24.1 Å². The Balaban J connectivity index is 1.61. The zero-order chi connectivity index (χ0) is 19.7. The van der Waals surface area contributed by atoms with Crippen LogP contribution >= 0.6 is 0 Å². The van der Waals surface area contributed by atoms with Crippen LogP contribution in [-0.2, 0) is 0 Å². The van der Waals surface area contributed by atoms with Gasteiger partial charge in [0.05, 0.1) is 30.6 Å². The highest BCUT2D eigenvalue weighted by atomic mass is 16.5. The van der Waals surface area contributed by atoms with E-state index in [2.05, 4.69) is 15.3 Å². The first-order valence-corrected chi connectivity index (χ1v) is 9.14. The summed E-state index contributed by atoms with van der Waals surface area (Å²) in [6.45, 7) is 2.53. The molecule has 4 rings (SSSR count). The molecule has 1 aliphatic rings. The van der Waals surface area contributed by atoms with Gasteiger partial charge in [0.25, 0.3) is 11.5 Å². The average Bonchev–Trinajstić information content (AvgIpc) is 3.35. The van der Waals surface area contributed by atoms with Crippen LogP contribution < -0.4 is 10.3 Å². The topological polar surface area (TPSA) is 93.1 Å². The van der Waals surface area contributed by atoms with Crippen molar-refractivity contribution in [1.82, 2.24) is 24.9 Å². The van der Waals surface area contributed by atoms with Gasteiger partial charge in [-0.05, 0) is 43.5 Å². The Labute approximate surface area is 161 Å². The third-order valence-electron chi connectivity index (χ3n) is 5.14. The summed E-state index contributed by atoms with van der Waals surface area (Å²) >= 11 is 0. The number of hydrogen-bond donors (Lipinski definition) is 1. The van der Waals surface area contributed by atoms with Gasteiger partial charge in [0.15, 0.2) is 5.82 Å². The fourth-order valence-corrected chi connectivity index (χ4v) is 3.64. The van der Waals surface area contributed by atoms with Crippen molar-refractivity contribution in [2.24, 2.45) is 0 Å². The molecule has 0 radical (unpaired) electrons. The molecule has 1 unspecified atom stereocenters. The fourth-order valence-electron chi connectivity index (χ4n) is 3.64. The van der Waals surface area contributed by atoms with Gasteiger partial charge >= 0.3 is 0 Å². The van der Waals surface area contributed by atoms with Crippen LogP contribution in [0.5, 0.6) is 5.75 Å². The highest BCUT2D eigenvalue weighted by Gasteiger charge is 2.32. The van der Waals surface area contributed by atoms with Gasteiger partial charge in [-0.25, -0.2) is 9.78 Å². The molecular formula is C20H21N5O3. The summed E-state index contributed by atoms with van der Waals surface area (Å²) in [4.78, 5) is 26.4. The van der Waals surface area contributed by atoms with Crippen molar-refractivity contribution < 1.29 is 9.53 Å². The third kappa shape index (κ3) is 3.17. The Morgan fingerprint density at radius 2 is 2.00 bits per heavy atom. The number of hydrogen-bond acceptors (Lipinski definition) is 5. The predicted molar refractivity (Wildman–Crippen MR) is 103 cm³/mol. The number of amides is 1. The Hall–Kier alpha value is -3.42. The molecule has 2 aromatic heterocycles. The first kappa shape index (κ1) is 18.0. The number of carbonyl (C=O) groups is 1. The third-order valence-corrected chi connectivity index (χ3v) is 5.14. The summed E-state index contributed by atoms with van der Waals surface area (Å²) in [6.07, 6.45) is 3.44. The van der Waals surface area contributed by atoms with Gasteiger partial charge in [0.2, 0.25) is 0 Å². The normalized spacial score (nSPS) is 16.4. The standard InChI is InChI=1S/C20H21N5O3/c1-13-16(12-21-25(13)18-9-10-19(26)23-22-18)20(27)24-11-3-4-17(24)14-5-7-15(28-2)8-6-14/h5-10,12,17H,3-4,11H2,1-2H3,(H,23,26). The minimum absolute atomic E-state index is 0.0346. The van der Waals surface area contributed by atoms with Crippen LogP contribution in [0.4, 0.5) is 0 Å². The molecule has 0 saturated carbocycles. The van der Waals surface area contributed by atoms with E-state index in [0.29, 0.717) is 23.6 Å². The van der Waals surface area contributed by atoms with Crippen LogP contribution in [0, 0.1) is 6.92 Å². The number of aromatic nitrogens is 4. The van der Waals surface area contributed by atoms with Crippen LogP contribution in [0.1, 0.15) is 40.5 Å². The lowest BCUT2D eigenvalue weighted by atomic mass is 10.0. The van der Waals surface area contributed by atoms with Gasteiger partial charge in [-0.3, -0.25) is 9.59 Å². The van der Waals surface area contributed by atoms with E-state index in [0.717, 1.165) is 24.2 Å². The van der Waals surface area contributed by atoms with E-state index in [1.165, 1.54) is 6.07 Å². The molecule has 8 nitrogen and oxygen atoms in total. The first-order valence-electron chi connectivity index (χ1n) is 9.14. The molecule has 0 bridgehead atoms. The number of nitrogens with zero attached hydrogens (tertiary/aromatic N) is 4. The van der Waals surface area contributed by atoms with Crippen molar-refractivity contribution in [3.05, 3.63) is 69.8 Å². The predicted octanol–water partition coefficient (Wildman–Crippen LogP) is 2.25. The van der Waals surface area contributed by atoms with Crippen LogP contribution in [0.25, 0.3) is 5.82 Å². The van der Waals surface area contributed by atoms with Crippen LogP contribution in [0.2, 0.25) is 0 Å². The molecule has 3 heterocycles. The molecule has 1 amide bonds. The Morgan fingerprint density at radius 1 is 1.21 bits per heavy atom. The lowest BCUT2D eigenvalue weighted by Crippen LogP contribution is -2.30. The number of aromatic amines is 1. The van der Waals surface area contributed by atoms with Crippen molar-refractivity contribution in [2.75, 3.05) is 13.7 Å². The summed E-state index contributed by atoms with van der Waals surface area (Å²) in [7, 11) is 1.64. The molecule has 1 aromatic carbocycles. The summed E-state index contributed by atoms with van der Waals surface area (Å²) in [5.74, 6) is 1.21. The van der Waals surface area contributed by atoms with E-state index in [1.807, 2.05) is 36.1 Å². The molecule has 1 aliphatic heterocycles. The van der Waals surface area contributed by atoms with E-state index >= 15 is 0 Å². The van der Waals surface area contributed by atoms with E-state index in [4.69, 9.17) is 4.74 Å².